The van der Waals surface area contributed by atoms with Crippen LogP contribution in [0.2, 0.25) is 0 Å². The molecule has 0 saturated carbocycles. The van der Waals surface area contributed by atoms with E-state index >= 15 is 0 Å². The van der Waals surface area contributed by atoms with Gasteiger partial charge in [0.2, 0.25) is 0 Å². The van der Waals surface area contributed by atoms with Gasteiger partial charge in [-0.25, -0.2) is 0 Å². The Hall–Kier alpha value is -0.0800. The van der Waals surface area contributed by atoms with E-state index in [9.17, 15) is 0 Å². The highest BCUT2D eigenvalue weighted by Crippen LogP contribution is 2.20. The fourth-order valence-electron chi connectivity index (χ4n) is 2.31. The minimum absolute atomic E-state index is 0.716. The fraction of sp³-hybridized carbons (Fsp3) is 1.00. The van der Waals surface area contributed by atoms with Crippen molar-refractivity contribution in [3.63, 3.8) is 0 Å². The van der Waals surface area contributed by atoms with E-state index in [0.29, 0.717) is 5.92 Å². The Balaban J connectivity index is 2.21. The summed E-state index contributed by atoms with van der Waals surface area (Å²) >= 11 is 0. The summed E-state index contributed by atoms with van der Waals surface area (Å²) in [5.74, 6) is 1.71. The number of hydrogen-bond acceptors (Lipinski definition) is 2. The van der Waals surface area contributed by atoms with E-state index in [4.69, 9.17) is 5.73 Å². The maximum absolute atomic E-state index is 5.73. The van der Waals surface area contributed by atoms with E-state index < -0.39 is 0 Å². The molecule has 0 aliphatic carbocycles. The van der Waals surface area contributed by atoms with Crippen molar-refractivity contribution in [2.24, 2.45) is 17.6 Å². The molecule has 0 amide bonds. The molecule has 1 atom stereocenters. The largest absolute Gasteiger partial charge is 0.330 e. The van der Waals surface area contributed by atoms with Crippen LogP contribution >= 0.6 is 0 Å². The number of piperidine rings is 1. The van der Waals surface area contributed by atoms with Gasteiger partial charge >= 0.3 is 0 Å². The molecule has 1 rings (SSSR count). The van der Waals surface area contributed by atoms with Gasteiger partial charge in [0.05, 0.1) is 0 Å². The molecule has 0 spiro atoms. The van der Waals surface area contributed by atoms with Gasteiger partial charge in [0.1, 0.15) is 0 Å². The molecular weight excluding hydrogens is 172 g/mol. The summed E-state index contributed by atoms with van der Waals surface area (Å²) < 4.78 is 0. The topological polar surface area (TPSA) is 29.3 Å². The molecule has 2 N–H and O–H groups in total. The highest BCUT2D eigenvalue weighted by molar-refractivity contribution is 4.73. The lowest BCUT2D eigenvalue weighted by molar-refractivity contribution is 0.158. The minimum Gasteiger partial charge on any atom is -0.330 e. The van der Waals surface area contributed by atoms with Crippen molar-refractivity contribution >= 4 is 0 Å². The third-order valence-electron chi connectivity index (χ3n) is 3.71. The molecule has 14 heavy (non-hydrogen) atoms. The lowest BCUT2D eigenvalue weighted by atomic mass is 9.93. The summed E-state index contributed by atoms with van der Waals surface area (Å²) in [6, 6.07) is 0. The Kier molecular flexibility index (Phi) is 5.49. The van der Waals surface area contributed by atoms with Gasteiger partial charge in [0, 0.05) is 6.54 Å². The fourth-order valence-corrected chi connectivity index (χ4v) is 2.31. The van der Waals surface area contributed by atoms with Gasteiger partial charge in [-0.05, 0) is 44.3 Å². The Morgan fingerprint density at radius 1 is 1.29 bits per heavy atom. The second-order valence-corrected chi connectivity index (χ2v) is 4.66. The van der Waals surface area contributed by atoms with E-state index in [1.165, 1.54) is 45.3 Å². The second kappa shape index (κ2) is 6.41. The summed E-state index contributed by atoms with van der Waals surface area (Å²) in [5.41, 5.74) is 5.73. The minimum atomic E-state index is 0.716. The maximum atomic E-state index is 5.73. The first kappa shape index (κ1) is 12.0. The van der Waals surface area contributed by atoms with Crippen molar-refractivity contribution < 1.29 is 0 Å². The van der Waals surface area contributed by atoms with Crippen molar-refractivity contribution in [1.82, 2.24) is 4.90 Å². The Morgan fingerprint density at radius 2 is 1.93 bits per heavy atom. The summed E-state index contributed by atoms with van der Waals surface area (Å²) in [4.78, 5) is 2.60. The lowest BCUT2D eigenvalue weighted by Crippen LogP contribution is -2.38. The molecule has 0 radical (unpaired) electrons. The van der Waals surface area contributed by atoms with Crippen LogP contribution in [0.4, 0.5) is 0 Å². The van der Waals surface area contributed by atoms with Gasteiger partial charge in [0.15, 0.2) is 0 Å². The van der Waals surface area contributed by atoms with Crippen LogP contribution in [-0.2, 0) is 0 Å². The Bertz CT molecular complexity index is 135. The van der Waals surface area contributed by atoms with Crippen molar-refractivity contribution in [1.29, 1.82) is 0 Å². The standard InChI is InChI=1S/C12H26N2/c1-3-11-5-7-14(8-6-11)10-12(4-2)9-13/h11-12H,3-10,13H2,1-2H3. The van der Waals surface area contributed by atoms with Crippen molar-refractivity contribution in [3.05, 3.63) is 0 Å². The van der Waals surface area contributed by atoms with Crippen LogP contribution in [0.3, 0.4) is 0 Å². The SMILES string of the molecule is CCC1CCN(CC(CC)CN)CC1. The molecule has 1 fully saturated rings. The summed E-state index contributed by atoms with van der Waals surface area (Å²) in [5, 5.41) is 0. The first-order valence-electron chi connectivity index (χ1n) is 6.22. The Labute approximate surface area is 88.8 Å². The van der Waals surface area contributed by atoms with Crippen molar-refractivity contribution in [2.75, 3.05) is 26.2 Å². The van der Waals surface area contributed by atoms with E-state index in [0.717, 1.165) is 12.5 Å². The first-order chi connectivity index (χ1) is 6.80. The van der Waals surface area contributed by atoms with Crippen LogP contribution < -0.4 is 5.73 Å². The zero-order valence-electron chi connectivity index (χ0n) is 9.84. The number of hydrogen-bond donors (Lipinski definition) is 1. The predicted molar refractivity (Wildman–Crippen MR) is 62.3 cm³/mol. The lowest BCUT2D eigenvalue weighted by Gasteiger charge is -2.33. The van der Waals surface area contributed by atoms with Crippen LogP contribution in [-0.4, -0.2) is 31.1 Å². The summed E-state index contributed by atoms with van der Waals surface area (Å²) in [6.07, 6.45) is 5.39. The van der Waals surface area contributed by atoms with E-state index in [1.807, 2.05) is 0 Å². The molecule has 0 aromatic rings. The van der Waals surface area contributed by atoms with Crippen LogP contribution in [0.25, 0.3) is 0 Å². The smallest absolute Gasteiger partial charge is 0.00216 e. The van der Waals surface area contributed by atoms with E-state index in [-0.39, 0.29) is 0 Å². The summed E-state index contributed by atoms with van der Waals surface area (Å²) in [6.45, 7) is 9.24. The monoisotopic (exact) mass is 198 g/mol. The average molecular weight is 198 g/mol. The molecule has 1 saturated heterocycles. The molecule has 0 aromatic carbocycles. The molecule has 2 nitrogen and oxygen atoms in total. The van der Waals surface area contributed by atoms with Crippen LogP contribution in [0.5, 0.6) is 0 Å². The zero-order valence-corrected chi connectivity index (χ0v) is 9.84. The second-order valence-electron chi connectivity index (χ2n) is 4.66. The molecule has 1 unspecified atom stereocenters. The molecule has 2 heteroatoms. The molecule has 0 aromatic heterocycles. The highest BCUT2D eigenvalue weighted by Gasteiger charge is 2.19. The van der Waals surface area contributed by atoms with Gasteiger partial charge in [0.25, 0.3) is 0 Å². The molecule has 1 aliphatic heterocycles. The quantitative estimate of drug-likeness (QED) is 0.733. The van der Waals surface area contributed by atoms with Gasteiger partial charge in [-0.2, -0.15) is 0 Å². The zero-order chi connectivity index (χ0) is 10.4. The van der Waals surface area contributed by atoms with Crippen LogP contribution in [0, 0.1) is 11.8 Å². The molecule has 1 heterocycles. The molecule has 0 bridgehead atoms. The third-order valence-corrected chi connectivity index (χ3v) is 3.71. The van der Waals surface area contributed by atoms with Crippen molar-refractivity contribution in [2.45, 2.75) is 39.5 Å². The highest BCUT2D eigenvalue weighted by atomic mass is 15.1. The molecule has 1 aliphatic rings. The number of nitrogens with two attached hydrogens (primary N) is 1. The average Bonchev–Trinajstić information content (AvgIpc) is 2.26. The summed E-state index contributed by atoms with van der Waals surface area (Å²) in [7, 11) is 0. The van der Waals surface area contributed by atoms with Gasteiger partial charge in [-0.15, -0.1) is 0 Å². The van der Waals surface area contributed by atoms with Crippen molar-refractivity contribution in [3.8, 4) is 0 Å². The van der Waals surface area contributed by atoms with Gasteiger partial charge < -0.3 is 10.6 Å². The van der Waals surface area contributed by atoms with Crippen LogP contribution in [0.15, 0.2) is 0 Å². The molecular formula is C12H26N2. The number of nitrogens with zero attached hydrogens (tertiary/aromatic N) is 1. The predicted octanol–water partition coefficient (Wildman–Crippen LogP) is 2.09. The molecule has 84 valence electrons. The number of rotatable bonds is 5. The first-order valence-corrected chi connectivity index (χ1v) is 6.22. The van der Waals surface area contributed by atoms with E-state index in [1.54, 1.807) is 0 Å². The normalized spacial score (nSPS) is 22.5. The van der Waals surface area contributed by atoms with Crippen LogP contribution in [0.1, 0.15) is 39.5 Å². The van der Waals surface area contributed by atoms with E-state index in [2.05, 4.69) is 18.7 Å². The number of likely N-dealkylation sites (tertiary alicyclic amines) is 1. The third kappa shape index (κ3) is 3.58. The Morgan fingerprint density at radius 3 is 2.36 bits per heavy atom. The maximum Gasteiger partial charge on any atom is 0.00216 e. The van der Waals surface area contributed by atoms with Gasteiger partial charge in [-0.3, -0.25) is 0 Å². The van der Waals surface area contributed by atoms with Gasteiger partial charge in [-0.1, -0.05) is 26.7 Å².